The molecule has 2 aliphatic heterocycles. The van der Waals surface area contributed by atoms with Gasteiger partial charge in [-0.1, -0.05) is 18.2 Å². The molecule has 0 bridgehead atoms. The van der Waals surface area contributed by atoms with Gasteiger partial charge in [-0.05, 0) is 49.6 Å². The fraction of sp³-hybridized carbons (Fsp3) is 0.345. The molecule has 4 aromatic rings. The molecule has 2 amide bonds. The third-order valence-electron chi connectivity index (χ3n) is 7.82. The second-order valence-corrected chi connectivity index (χ2v) is 11.2. The van der Waals surface area contributed by atoms with E-state index in [1.165, 1.54) is 0 Å². The van der Waals surface area contributed by atoms with Crippen molar-refractivity contribution in [3.8, 4) is 27.8 Å². The molecule has 4 heterocycles. The van der Waals surface area contributed by atoms with E-state index in [1.807, 2.05) is 31.2 Å². The van der Waals surface area contributed by atoms with Crippen molar-refractivity contribution in [3.05, 3.63) is 65.1 Å². The molecule has 2 aliphatic rings. The van der Waals surface area contributed by atoms with E-state index in [9.17, 15) is 10.1 Å². The summed E-state index contributed by atoms with van der Waals surface area (Å²) < 4.78 is 0. The van der Waals surface area contributed by atoms with E-state index in [2.05, 4.69) is 38.4 Å². The lowest BCUT2D eigenvalue weighted by molar-refractivity contribution is 0.0769. The average Bonchev–Trinajstić information content (AvgIpc) is 3.43. The Balaban J connectivity index is 1.47. The zero-order valence-corrected chi connectivity index (χ0v) is 22.6. The molecule has 2 unspecified atom stereocenters. The highest BCUT2D eigenvalue weighted by atomic mass is 32.1. The molecule has 198 valence electrons. The summed E-state index contributed by atoms with van der Waals surface area (Å²) >= 11 is 1.60. The standard InChI is InChI=1S/C29H30N8OS/c1-18-23-14-21(5-6-24(23)34-17-33-18)27-26(20-4-2-3-19(13-20)16-30)35-28(39-27)25-15-22(7-10-37(25)29(31)38)36-11-8-32-9-12-36/h2-6,13-14,17,22,25,32H,7-12,15H2,1H3,(H2,31,38). The van der Waals surface area contributed by atoms with Crippen molar-refractivity contribution in [1.29, 1.82) is 5.26 Å². The van der Waals surface area contributed by atoms with E-state index in [0.717, 1.165) is 82.3 Å². The number of aromatic nitrogens is 3. The molecule has 39 heavy (non-hydrogen) atoms. The average molecular weight is 539 g/mol. The summed E-state index contributed by atoms with van der Waals surface area (Å²) in [7, 11) is 0. The number of benzene rings is 2. The smallest absolute Gasteiger partial charge is 0.315 e. The molecule has 2 aromatic heterocycles. The van der Waals surface area contributed by atoms with Gasteiger partial charge < -0.3 is 16.0 Å². The van der Waals surface area contributed by atoms with Crippen LogP contribution in [0.4, 0.5) is 4.79 Å². The minimum absolute atomic E-state index is 0.210. The van der Waals surface area contributed by atoms with Crippen molar-refractivity contribution >= 4 is 28.3 Å². The van der Waals surface area contributed by atoms with Crippen LogP contribution < -0.4 is 11.1 Å². The Morgan fingerprint density at radius 1 is 1.13 bits per heavy atom. The monoisotopic (exact) mass is 538 g/mol. The van der Waals surface area contributed by atoms with Crippen LogP contribution in [0.15, 0.2) is 48.8 Å². The number of amides is 2. The predicted molar refractivity (Wildman–Crippen MR) is 152 cm³/mol. The Bertz CT molecular complexity index is 1570. The summed E-state index contributed by atoms with van der Waals surface area (Å²) in [6.07, 6.45) is 3.27. The van der Waals surface area contributed by atoms with Gasteiger partial charge in [0.2, 0.25) is 0 Å². The number of carbonyl (C=O) groups excluding carboxylic acids is 1. The molecule has 2 atom stereocenters. The maximum absolute atomic E-state index is 12.6. The number of fused-ring (bicyclic) bond motifs is 1. The van der Waals surface area contributed by atoms with E-state index >= 15 is 0 Å². The van der Waals surface area contributed by atoms with Gasteiger partial charge in [0.05, 0.1) is 33.8 Å². The summed E-state index contributed by atoms with van der Waals surface area (Å²) in [6, 6.07) is 15.7. The second-order valence-electron chi connectivity index (χ2n) is 10.1. The van der Waals surface area contributed by atoms with Crippen LogP contribution in [0.2, 0.25) is 0 Å². The quantitative estimate of drug-likeness (QED) is 0.401. The predicted octanol–water partition coefficient (Wildman–Crippen LogP) is 4.09. The molecule has 2 fully saturated rings. The van der Waals surface area contributed by atoms with Crippen molar-refractivity contribution in [1.82, 2.24) is 30.1 Å². The Morgan fingerprint density at radius 3 is 2.77 bits per heavy atom. The molecule has 0 aliphatic carbocycles. The number of primary amides is 1. The summed E-state index contributed by atoms with van der Waals surface area (Å²) in [5.41, 5.74) is 10.9. The number of hydrogen-bond acceptors (Lipinski definition) is 8. The van der Waals surface area contributed by atoms with E-state index in [0.29, 0.717) is 18.2 Å². The third kappa shape index (κ3) is 4.96. The number of piperidine rings is 1. The van der Waals surface area contributed by atoms with Crippen LogP contribution in [0.3, 0.4) is 0 Å². The lowest BCUT2D eigenvalue weighted by atomic mass is 9.95. The first-order valence-electron chi connectivity index (χ1n) is 13.3. The topological polar surface area (TPSA) is 124 Å². The van der Waals surface area contributed by atoms with Gasteiger partial charge >= 0.3 is 6.03 Å². The minimum atomic E-state index is -0.415. The lowest BCUT2D eigenvalue weighted by Crippen LogP contribution is -2.54. The van der Waals surface area contributed by atoms with E-state index in [-0.39, 0.29) is 6.04 Å². The molecule has 2 saturated heterocycles. The zero-order valence-electron chi connectivity index (χ0n) is 21.8. The Labute approximate surface area is 231 Å². The fourth-order valence-electron chi connectivity index (χ4n) is 5.76. The molecule has 0 saturated carbocycles. The van der Waals surface area contributed by atoms with Crippen LogP contribution in [0, 0.1) is 18.3 Å². The van der Waals surface area contributed by atoms with E-state index in [1.54, 1.807) is 28.6 Å². The number of nitrogens with zero attached hydrogens (tertiary/aromatic N) is 6. The van der Waals surface area contributed by atoms with Crippen molar-refractivity contribution in [3.63, 3.8) is 0 Å². The molecular weight excluding hydrogens is 508 g/mol. The number of piperazine rings is 1. The van der Waals surface area contributed by atoms with E-state index < -0.39 is 6.03 Å². The minimum Gasteiger partial charge on any atom is -0.351 e. The van der Waals surface area contributed by atoms with Gasteiger partial charge in [0.25, 0.3) is 0 Å². The number of hydrogen-bond donors (Lipinski definition) is 2. The fourth-order valence-corrected chi connectivity index (χ4v) is 6.97. The number of nitrogens with two attached hydrogens (primary N) is 1. The van der Waals surface area contributed by atoms with Gasteiger partial charge in [-0.2, -0.15) is 5.26 Å². The Morgan fingerprint density at radius 2 is 1.97 bits per heavy atom. The maximum atomic E-state index is 12.6. The van der Waals surface area contributed by atoms with Gasteiger partial charge in [0, 0.05) is 55.4 Å². The number of thiazole rings is 1. The van der Waals surface area contributed by atoms with Crippen LogP contribution >= 0.6 is 11.3 Å². The van der Waals surface area contributed by atoms with Gasteiger partial charge in [-0.15, -0.1) is 11.3 Å². The highest BCUT2D eigenvalue weighted by Gasteiger charge is 2.37. The molecule has 3 N–H and O–H groups in total. The first-order chi connectivity index (χ1) is 19.0. The molecule has 6 rings (SSSR count). The molecule has 2 aromatic carbocycles. The van der Waals surface area contributed by atoms with Crippen LogP contribution in [-0.2, 0) is 0 Å². The first-order valence-corrected chi connectivity index (χ1v) is 14.1. The number of carbonyl (C=O) groups is 1. The van der Waals surface area contributed by atoms with Crippen LogP contribution in [0.5, 0.6) is 0 Å². The number of aryl methyl sites for hydroxylation is 1. The normalized spacial score (nSPS) is 20.2. The molecule has 10 heteroatoms. The van der Waals surface area contributed by atoms with Gasteiger partial charge in [-0.3, -0.25) is 4.90 Å². The SMILES string of the molecule is Cc1ncnc2ccc(-c3sc(C4CC(N5CCNCC5)CCN4C(N)=O)nc3-c3cccc(C#N)c3)cc12. The number of nitriles is 1. The Kier molecular flexibility index (Phi) is 6.95. The highest BCUT2D eigenvalue weighted by molar-refractivity contribution is 7.15. The number of nitrogens with one attached hydrogen (secondary N) is 1. The molecular formula is C29H30N8OS. The lowest BCUT2D eigenvalue weighted by Gasteiger charge is -2.43. The summed E-state index contributed by atoms with van der Waals surface area (Å²) in [5.74, 6) is 0. The summed E-state index contributed by atoms with van der Waals surface area (Å²) in [4.78, 5) is 31.8. The third-order valence-corrected chi connectivity index (χ3v) is 9.02. The number of rotatable bonds is 4. The molecule has 9 nitrogen and oxygen atoms in total. The summed E-state index contributed by atoms with van der Waals surface area (Å²) in [6.45, 7) is 6.55. The molecule has 0 spiro atoms. The van der Waals surface area contributed by atoms with Gasteiger partial charge in [-0.25, -0.2) is 19.7 Å². The van der Waals surface area contributed by atoms with Gasteiger partial charge in [0.1, 0.15) is 11.3 Å². The van der Waals surface area contributed by atoms with Crippen molar-refractivity contribution < 1.29 is 4.79 Å². The largest absolute Gasteiger partial charge is 0.351 e. The Hall–Kier alpha value is -3.91. The molecule has 0 radical (unpaired) electrons. The van der Waals surface area contributed by atoms with E-state index in [4.69, 9.17) is 10.7 Å². The van der Waals surface area contributed by atoms with Crippen molar-refractivity contribution in [2.75, 3.05) is 32.7 Å². The number of likely N-dealkylation sites (tertiary alicyclic amines) is 1. The second kappa shape index (κ2) is 10.7. The first kappa shape index (κ1) is 25.4. The van der Waals surface area contributed by atoms with Crippen LogP contribution in [-0.4, -0.2) is 69.5 Å². The highest BCUT2D eigenvalue weighted by Crippen LogP contribution is 2.43. The van der Waals surface area contributed by atoms with Crippen LogP contribution in [0.25, 0.3) is 32.6 Å². The van der Waals surface area contributed by atoms with Crippen LogP contribution in [0.1, 0.15) is 35.1 Å². The summed E-state index contributed by atoms with van der Waals surface area (Å²) in [5, 5.41) is 14.8. The maximum Gasteiger partial charge on any atom is 0.315 e. The van der Waals surface area contributed by atoms with Gasteiger partial charge in [0.15, 0.2) is 0 Å². The zero-order chi connectivity index (χ0) is 26.9. The van der Waals surface area contributed by atoms with Crippen molar-refractivity contribution in [2.45, 2.75) is 31.8 Å². The number of urea groups is 1. The van der Waals surface area contributed by atoms with Crippen molar-refractivity contribution in [2.24, 2.45) is 5.73 Å².